The molecule has 0 radical (unpaired) electrons. The molecule has 0 unspecified atom stereocenters. The van der Waals surface area contributed by atoms with E-state index in [1.165, 1.54) is 0 Å². The molecular weight excluding hydrogens is 403 g/mol. The Balaban J connectivity index is 2.18. The summed E-state index contributed by atoms with van der Waals surface area (Å²) in [6, 6.07) is 5.37. The number of aromatic amines is 1. The minimum absolute atomic E-state index is 0.272. The van der Waals surface area contributed by atoms with Gasteiger partial charge in [0.15, 0.2) is 0 Å². The first kappa shape index (κ1) is 21.8. The number of rotatable bonds is 4. The highest BCUT2D eigenvalue weighted by Crippen LogP contribution is 2.38. The fourth-order valence-corrected chi connectivity index (χ4v) is 4.28. The van der Waals surface area contributed by atoms with Crippen molar-refractivity contribution in [2.75, 3.05) is 6.26 Å². The number of H-pyrrole nitrogens is 1. The summed E-state index contributed by atoms with van der Waals surface area (Å²) in [4.78, 5) is 15.2. The van der Waals surface area contributed by atoms with Crippen LogP contribution in [0.15, 0.2) is 30.0 Å². The van der Waals surface area contributed by atoms with E-state index in [0.29, 0.717) is 10.9 Å². The lowest BCUT2D eigenvalue weighted by atomic mass is 9.84. The molecule has 2 aromatic carbocycles. The minimum Gasteiger partial charge on any atom is -0.361 e. The Bertz CT molecular complexity index is 1290. The minimum atomic E-state index is -3.64. The van der Waals surface area contributed by atoms with Gasteiger partial charge in [0.2, 0.25) is 10.0 Å². The molecule has 0 saturated heterocycles. The van der Waals surface area contributed by atoms with Crippen LogP contribution < -0.4 is 4.72 Å². The number of hydrogen-bond donors (Lipinski definition) is 2. The summed E-state index contributed by atoms with van der Waals surface area (Å²) in [6.07, 6.45) is 4.33. The Hall–Kier alpha value is -2.93. The summed E-state index contributed by atoms with van der Waals surface area (Å²) in [5, 5.41) is 0.541. The molecule has 2 N–H and O–H groups in total. The van der Waals surface area contributed by atoms with E-state index in [2.05, 4.69) is 4.98 Å². The van der Waals surface area contributed by atoms with E-state index in [1.807, 2.05) is 38.5 Å². The van der Waals surface area contributed by atoms with Crippen LogP contribution in [0, 0.1) is 33.5 Å². The molecule has 30 heavy (non-hydrogen) atoms. The summed E-state index contributed by atoms with van der Waals surface area (Å²) in [5.74, 6) is -0.939. The van der Waals surface area contributed by atoms with E-state index in [4.69, 9.17) is 0 Å². The van der Waals surface area contributed by atoms with Crippen LogP contribution in [0.5, 0.6) is 0 Å². The first-order valence-electron chi connectivity index (χ1n) is 9.49. The first-order chi connectivity index (χ1) is 13.9. The topological polar surface area (TPSA) is 79.0 Å². The molecule has 1 heterocycles. The van der Waals surface area contributed by atoms with Gasteiger partial charge in [-0.25, -0.2) is 17.5 Å². The average Bonchev–Trinajstić information content (AvgIpc) is 3.13. The second-order valence-corrected chi connectivity index (χ2v) is 9.43. The summed E-state index contributed by atoms with van der Waals surface area (Å²) < 4.78 is 39.9. The fraction of sp³-hybridized carbons (Fsp3) is 0.261. The molecule has 7 heteroatoms. The predicted molar refractivity (Wildman–Crippen MR) is 119 cm³/mol. The van der Waals surface area contributed by atoms with E-state index in [0.717, 1.165) is 45.2 Å². The number of fused-ring (bicyclic) bond motifs is 1. The first-order valence-corrected chi connectivity index (χ1v) is 11.4. The molecular formula is C23H25FN2O3S. The average molecular weight is 429 g/mol. The smallest absolute Gasteiger partial charge is 0.260 e. The van der Waals surface area contributed by atoms with E-state index in [9.17, 15) is 13.2 Å². The Morgan fingerprint density at radius 3 is 2.20 bits per heavy atom. The van der Waals surface area contributed by atoms with E-state index >= 15 is 4.39 Å². The number of sulfonamides is 1. The van der Waals surface area contributed by atoms with Gasteiger partial charge in [-0.2, -0.15) is 0 Å². The third kappa shape index (κ3) is 3.89. The SMILES string of the molecule is C/C(=C\c1c(C)c(C)c(-c2ccc3[nH]ccc3c2F)c(C)c1C)C(=O)NS(C)(=O)=O. The van der Waals surface area contributed by atoms with Gasteiger partial charge in [0.05, 0.1) is 6.26 Å². The number of halogens is 1. The van der Waals surface area contributed by atoms with Crippen molar-refractivity contribution in [3.63, 3.8) is 0 Å². The van der Waals surface area contributed by atoms with Gasteiger partial charge in [-0.15, -0.1) is 0 Å². The van der Waals surface area contributed by atoms with Crippen molar-refractivity contribution in [2.24, 2.45) is 0 Å². The van der Waals surface area contributed by atoms with Crippen LogP contribution in [0.2, 0.25) is 0 Å². The van der Waals surface area contributed by atoms with E-state index in [1.54, 1.807) is 31.3 Å². The molecule has 0 spiro atoms. The number of amides is 1. The van der Waals surface area contributed by atoms with Gasteiger partial charge in [-0.1, -0.05) is 0 Å². The lowest BCUT2D eigenvalue weighted by Crippen LogP contribution is -2.29. The Morgan fingerprint density at radius 2 is 1.63 bits per heavy atom. The van der Waals surface area contributed by atoms with Crippen LogP contribution in [0.25, 0.3) is 28.1 Å². The third-order valence-electron chi connectivity index (χ3n) is 5.62. The zero-order valence-corrected chi connectivity index (χ0v) is 18.7. The maximum Gasteiger partial charge on any atom is 0.260 e. The van der Waals surface area contributed by atoms with Crippen molar-refractivity contribution in [2.45, 2.75) is 34.6 Å². The number of aromatic nitrogens is 1. The number of nitrogens with one attached hydrogen (secondary N) is 2. The van der Waals surface area contributed by atoms with Gasteiger partial charge >= 0.3 is 0 Å². The number of carbonyl (C=O) groups excluding carboxylic acids is 1. The highest BCUT2D eigenvalue weighted by atomic mass is 32.2. The fourth-order valence-electron chi connectivity index (χ4n) is 3.78. The molecule has 0 aliphatic carbocycles. The van der Waals surface area contributed by atoms with Gasteiger partial charge < -0.3 is 4.98 Å². The predicted octanol–water partition coefficient (Wildman–Crippen LogP) is 4.69. The van der Waals surface area contributed by atoms with Crippen LogP contribution in [0.3, 0.4) is 0 Å². The molecule has 1 aromatic heterocycles. The van der Waals surface area contributed by atoms with Crippen LogP contribution in [-0.2, 0) is 14.8 Å². The molecule has 0 aliphatic rings. The van der Waals surface area contributed by atoms with Gasteiger partial charge in [0.25, 0.3) is 5.91 Å². The van der Waals surface area contributed by atoms with Crippen molar-refractivity contribution in [1.82, 2.24) is 9.71 Å². The highest BCUT2D eigenvalue weighted by molar-refractivity contribution is 7.89. The van der Waals surface area contributed by atoms with Crippen molar-refractivity contribution < 1.29 is 17.6 Å². The second-order valence-electron chi connectivity index (χ2n) is 7.69. The van der Waals surface area contributed by atoms with Crippen LogP contribution in [-0.4, -0.2) is 25.6 Å². The van der Waals surface area contributed by atoms with E-state index in [-0.39, 0.29) is 11.4 Å². The van der Waals surface area contributed by atoms with Gasteiger partial charge in [0, 0.05) is 28.2 Å². The Kier molecular flexibility index (Phi) is 5.60. The molecule has 0 saturated carbocycles. The second kappa shape index (κ2) is 7.72. The zero-order valence-electron chi connectivity index (χ0n) is 17.9. The van der Waals surface area contributed by atoms with Crippen LogP contribution in [0.4, 0.5) is 4.39 Å². The molecule has 3 aromatic rings. The molecule has 0 bridgehead atoms. The monoisotopic (exact) mass is 428 g/mol. The quantitative estimate of drug-likeness (QED) is 0.592. The van der Waals surface area contributed by atoms with Crippen LogP contribution >= 0.6 is 0 Å². The lowest BCUT2D eigenvalue weighted by molar-refractivity contribution is -0.115. The summed E-state index contributed by atoms with van der Waals surface area (Å²) in [7, 11) is -3.64. The number of carbonyl (C=O) groups is 1. The highest BCUT2D eigenvalue weighted by Gasteiger charge is 2.20. The normalized spacial score (nSPS) is 12.4. The maximum absolute atomic E-state index is 15.2. The van der Waals surface area contributed by atoms with Crippen molar-refractivity contribution in [3.8, 4) is 11.1 Å². The molecule has 1 amide bonds. The molecule has 0 fully saturated rings. The van der Waals surface area contributed by atoms with Crippen molar-refractivity contribution in [3.05, 3.63) is 63.6 Å². The number of hydrogen-bond acceptors (Lipinski definition) is 3. The summed E-state index contributed by atoms with van der Waals surface area (Å²) in [5.41, 5.74) is 6.86. The standard InChI is InChI=1S/C23H25FN2O3S/c1-12(23(27)26-30(6,28)29)11-19-13(2)15(4)21(16(5)14(19)3)18-7-8-20-17(22(18)24)9-10-25-20/h7-11,25H,1-6H3,(H,26,27)/b12-11+. The van der Waals surface area contributed by atoms with Crippen molar-refractivity contribution >= 4 is 32.9 Å². The van der Waals surface area contributed by atoms with E-state index < -0.39 is 15.9 Å². The van der Waals surface area contributed by atoms with Gasteiger partial charge in [-0.3, -0.25) is 4.79 Å². The van der Waals surface area contributed by atoms with Gasteiger partial charge in [0.1, 0.15) is 5.82 Å². The van der Waals surface area contributed by atoms with Gasteiger partial charge in [-0.05, 0) is 92.3 Å². The summed E-state index contributed by atoms with van der Waals surface area (Å²) in [6.45, 7) is 9.27. The molecule has 158 valence electrons. The lowest BCUT2D eigenvalue weighted by Gasteiger charge is -2.20. The number of benzene rings is 2. The van der Waals surface area contributed by atoms with Crippen LogP contribution in [0.1, 0.15) is 34.7 Å². The Morgan fingerprint density at radius 1 is 1.03 bits per heavy atom. The summed E-state index contributed by atoms with van der Waals surface area (Å²) >= 11 is 0. The third-order valence-corrected chi connectivity index (χ3v) is 6.17. The molecule has 3 rings (SSSR count). The largest absolute Gasteiger partial charge is 0.361 e. The van der Waals surface area contributed by atoms with Crippen molar-refractivity contribution in [1.29, 1.82) is 0 Å². The zero-order chi connectivity index (χ0) is 22.4. The maximum atomic E-state index is 15.2. The molecule has 0 aliphatic heterocycles. The molecule has 0 atom stereocenters. The Labute approximate surface area is 176 Å². The molecule has 5 nitrogen and oxygen atoms in total.